The normalized spacial score (nSPS) is 21.4. The lowest BCUT2D eigenvalue weighted by molar-refractivity contribution is 0.248. The molecule has 0 radical (unpaired) electrons. The van der Waals surface area contributed by atoms with E-state index in [1.807, 2.05) is 0 Å². The van der Waals surface area contributed by atoms with Gasteiger partial charge in [-0.2, -0.15) is 0 Å². The van der Waals surface area contributed by atoms with Gasteiger partial charge in [-0.15, -0.1) is 11.3 Å². The molecular weight excluding hydrogens is 256 g/mol. The summed E-state index contributed by atoms with van der Waals surface area (Å²) < 4.78 is 0. The van der Waals surface area contributed by atoms with Crippen LogP contribution in [-0.4, -0.2) is 42.1 Å². The Morgan fingerprint density at radius 3 is 2.42 bits per heavy atom. The number of anilines is 1. The number of nitrogens with two attached hydrogens (primary N) is 1. The van der Waals surface area contributed by atoms with Crippen molar-refractivity contribution in [3.8, 4) is 0 Å². The Labute approximate surface area is 119 Å². The molecule has 0 atom stereocenters. The molecule has 2 fully saturated rings. The quantitative estimate of drug-likeness (QED) is 0.916. The lowest BCUT2D eigenvalue weighted by Crippen LogP contribution is -2.47. The molecule has 3 rings (SSSR count). The second-order valence-corrected chi connectivity index (χ2v) is 6.98. The van der Waals surface area contributed by atoms with E-state index in [9.17, 15) is 0 Å². The first-order valence-electron chi connectivity index (χ1n) is 7.37. The van der Waals surface area contributed by atoms with Gasteiger partial charge in [0.25, 0.3) is 0 Å². The van der Waals surface area contributed by atoms with Gasteiger partial charge in [0.1, 0.15) is 0 Å². The highest BCUT2D eigenvalue weighted by Crippen LogP contribution is 2.32. The van der Waals surface area contributed by atoms with Crippen LogP contribution in [0.3, 0.4) is 0 Å². The zero-order valence-electron chi connectivity index (χ0n) is 11.9. The Morgan fingerprint density at radius 2 is 1.95 bits per heavy atom. The fourth-order valence-electron chi connectivity index (χ4n) is 2.80. The molecule has 2 aliphatic rings. The summed E-state index contributed by atoms with van der Waals surface area (Å²) in [5.74, 6) is 0.469. The Bertz CT molecular complexity index is 431. The first-order chi connectivity index (χ1) is 9.19. The van der Waals surface area contributed by atoms with Crippen LogP contribution in [0.4, 0.5) is 5.13 Å². The number of nitrogens with zero attached hydrogens (tertiary/aromatic N) is 3. The van der Waals surface area contributed by atoms with Gasteiger partial charge in [-0.1, -0.05) is 13.8 Å². The van der Waals surface area contributed by atoms with Gasteiger partial charge in [-0.05, 0) is 18.8 Å². The summed E-state index contributed by atoms with van der Waals surface area (Å²) in [7, 11) is 0. The fourth-order valence-corrected chi connectivity index (χ4v) is 3.95. The fraction of sp³-hybridized carbons (Fsp3) is 0.786. The summed E-state index contributed by atoms with van der Waals surface area (Å²) in [6, 6.07) is 0.893. The maximum absolute atomic E-state index is 5.85. The lowest BCUT2D eigenvalue weighted by atomic mass is 10.1. The summed E-state index contributed by atoms with van der Waals surface area (Å²) in [6.07, 6.45) is 2.82. The van der Waals surface area contributed by atoms with Crippen molar-refractivity contribution in [1.29, 1.82) is 0 Å². The van der Waals surface area contributed by atoms with Gasteiger partial charge < -0.3 is 10.6 Å². The third kappa shape index (κ3) is 2.78. The molecule has 0 amide bonds. The highest BCUT2D eigenvalue weighted by atomic mass is 32.1. The van der Waals surface area contributed by atoms with Crippen LogP contribution in [-0.2, 0) is 6.54 Å². The van der Waals surface area contributed by atoms with Gasteiger partial charge in [0.15, 0.2) is 5.13 Å². The maximum Gasteiger partial charge on any atom is 0.185 e. The monoisotopic (exact) mass is 280 g/mol. The molecule has 1 aliphatic heterocycles. The van der Waals surface area contributed by atoms with Crippen molar-refractivity contribution < 1.29 is 0 Å². The van der Waals surface area contributed by atoms with Crippen LogP contribution in [0.2, 0.25) is 0 Å². The summed E-state index contributed by atoms with van der Waals surface area (Å²) in [6.45, 7) is 9.63. The average Bonchev–Trinajstić information content (AvgIpc) is 3.17. The first-order valence-corrected chi connectivity index (χ1v) is 8.19. The van der Waals surface area contributed by atoms with E-state index in [1.165, 1.54) is 41.6 Å². The number of rotatable bonds is 4. The van der Waals surface area contributed by atoms with Crippen molar-refractivity contribution in [3.05, 3.63) is 10.6 Å². The highest BCUT2D eigenvalue weighted by molar-refractivity contribution is 7.15. The molecule has 0 unspecified atom stereocenters. The molecule has 2 heterocycles. The van der Waals surface area contributed by atoms with Crippen LogP contribution in [0.25, 0.3) is 0 Å². The predicted molar refractivity (Wildman–Crippen MR) is 80.9 cm³/mol. The van der Waals surface area contributed by atoms with Crippen LogP contribution < -0.4 is 10.6 Å². The third-order valence-corrected chi connectivity index (χ3v) is 5.25. The predicted octanol–water partition coefficient (Wildman–Crippen LogP) is 2.01. The average molecular weight is 280 g/mol. The molecule has 0 spiro atoms. The van der Waals surface area contributed by atoms with Crippen molar-refractivity contribution in [3.63, 3.8) is 0 Å². The van der Waals surface area contributed by atoms with Gasteiger partial charge in [0, 0.05) is 43.6 Å². The smallest absolute Gasteiger partial charge is 0.185 e. The van der Waals surface area contributed by atoms with Crippen molar-refractivity contribution in [2.24, 2.45) is 5.73 Å². The number of aromatic nitrogens is 1. The summed E-state index contributed by atoms with van der Waals surface area (Å²) in [4.78, 5) is 11.2. The molecule has 0 bridgehead atoms. The third-order valence-electron chi connectivity index (χ3n) is 4.10. The highest BCUT2D eigenvalue weighted by Gasteiger charge is 2.32. The Hall–Kier alpha value is -0.650. The second-order valence-electron chi connectivity index (χ2n) is 5.92. The molecule has 19 heavy (non-hydrogen) atoms. The van der Waals surface area contributed by atoms with Crippen LogP contribution in [0, 0.1) is 0 Å². The van der Waals surface area contributed by atoms with Crippen LogP contribution in [0.15, 0.2) is 0 Å². The van der Waals surface area contributed by atoms with E-state index in [-0.39, 0.29) is 0 Å². The zero-order valence-corrected chi connectivity index (χ0v) is 12.7. The second kappa shape index (κ2) is 5.38. The van der Waals surface area contributed by atoms with Crippen molar-refractivity contribution >= 4 is 16.5 Å². The maximum atomic E-state index is 5.85. The van der Waals surface area contributed by atoms with E-state index in [0.717, 1.165) is 19.1 Å². The molecule has 4 nitrogen and oxygen atoms in total. The van der Waals surface area contributed by atoms with Crippen LogP contribution in [0.5, 0.6) is 0 Å². The zero-order chi connectivity index (χ0) is 13.4. The molecular formula is C14H24N4S. The minimum Gasteiger partial charge on any atom is -0.346 e. The topological polar surface area (TPSA) is 45.4 Å². The number of thiazole rings is 1. The number of hydrogen-bond acceptors (Lipinski definition) is 5. The van der Waals surface area contributed by atoms with E-state index in [4.69, 9.17) is 10.7 Å². The molecule has 1 aromatic heterocycles. The lowest BCUT2D eigenvalue weighted by Gasteiger charge is -2.34. The minimum atomic E-state index is 0.469. The van der Waals surface area contributed by atoms with Crippen molar-refractivity contribution in [2.45, 2.75) is 45.2 Å². The van der Waals surface area contributed by atoms with E-state index in [1.54, 1.807) is 11.3 Å². The molecule has 1 aliphatic carbocycles. The summed E-state index contributed by atoms with van der Waals surface area (Å²) in [5, 5.41) is 1.18. The van der Waals surface area contributed by atoms with Crippen molar-refractivity contribution in [1.82, 2.24) is 9.88 Å². The SMILES string of the molecule is CC(C)c1nc(N2CCN(C3CC3)CC2)sc1CN. The molecule has 1 aromatic rings. The van der Waals surface area contributed by atoms with E-state index < -0.39 is 0 Å². The van der Waals surface area contributed by atoms with Gasteiger partial charge >= 0.3 is 0 Å². The van der Waals surface area contributed by atoms with Crippen LogP contribution in [0.1, 0.15) is 43.2 Å². The molecule has 0 aromatic carbocycles. The largest absolute Gasteiger partial charge is 0.346 e. The standard InChI is InChI=1S/C14H24N4S/c1-10(2)13-12(9-15)19-14(16-13)18-7-5-17(6-8-18)11-3-4-11/h10-11H,3-9,15H2,1-2H3. The van der Waals surface area contributed by atoms with Gasteiger partial charge in [-0.3, -0.25) is 4.90 Å². The molecule has 5 heteroatoms. The van der Waals surface area contributed by atoms with E-state index in [0.29, 0.717) is 12.5 Å². The minimum absolute atomic E-state index is 0.469. The molecule has 2 N–H and O–H groups in total. The van der Waals surface area contributed by atoms with Gasteiger partial charge in [0.05, 0.1) is 5.69 Å². The molecule has 106 valence electrons. The number of piperazine rings is 1. The number of hydrogen-bond donors (Lipinski definition) is 1. The summed E-state index contributed by atoms with van der Waals surface area (Å²) in [5.41, 5.74) is 7.05. The Balaban J connectivity index is 1.68. The molecule has 1 saturated carbocycles. The first kappa shape index (κ1) is 13.3. The Morgan fingerprint density at radius 1 is 1.26 bits per heavy atom. The van der Waals surface area contributed by atoms with Gasteiger partial charge in [0.2, 0.25) is 0 Å². The molecule has 1 saturated heterocycles. The summed E-state index contributed by atoms with van der Waals surface area (Å²) >= 11 is 1.79. The van der Waals surface area contributed by atoms with E-state index in [2.05, 4.69) is 23.6 Å². The van der Waals surface area contributed by atoms with Gasteiger partial charge in [-0.25, -0.2) is 4.98 Å². The van der Waals surface area contributed by atoms with Crippen LogP contribution >= 0.6 is 11.3 Å². The Kier molecular flexibility index (Phi) is 3.78. The van der Waals surface area contributed by atoms with Crippen molar-refractivity contribution in [2.75, 3.05) is 31.1 Å². The van der Waals surface area contributed by atoms with E-state index >= 15 is 0 Å².